The van der Waals surface area contributed by atoms with Crippen molar-refractivity contribution < 1.29 is 9.59 Å². The number of carbonyl (C=O) groups is 2. The van der Waals surface area contributed by atoms with Gasteiger partial charge in [-0.3, -0.25) is 9.59 Å². The number of hydrogen-bond donors (Lipinski definition) is 0. The van der Waals surface area contributed by atoms with Crippen molar-refractivity contribution in [2.75, 3.05) is 0 Å². The number of allylic oxidation sites excluding steroid dienone is 1. The highest BCUT2D eigenvalue weighted by atomic mass is 16.1. The van der Waals surface area contributed by atoms with E-state index in [2.05, 4.69) is 34.3 Å². The average molecular weight is 322 g/mol. The Morgan fingerprint density at radius 3 is 2.17 bits per heavy atom. The summed E-state index contributed by atoms with van der Waals surface area (Å²) >= 11 is 0. The molecule has 0 heterocycles. The quantitative estimate of drug-likeness (QED) is 0.396. The first-order valence-electron chi connectivity index (χ1n) is 8.21. The minimum atomic E-state index is 0.00398. The van der Waals surface area contributed by atoms with E-state index in [-0.39, 0.29) is 5.78 Å². The van der Waals surface area contributed by atoms with Crippen LogP contribution in [0.3, 0.4) is 0 Å². The smallest absolute Gasteiger partial charge is 0.185 e. The normalized spacial score (nSPS) is 10.1. The third kappa shape index (κ3) is 5.62. The molecule has 0 aliphatic carbocycles. The molecule has 0 saturated carbocycles. The van der Waals surface area contributed by atoms with Gasteiger partial charge < -0.3 is 0 Å². The highest BCUT2D eigenvalue weighted by Crippen LogP contribution is 2.19. The van der Waals surface area contributed by atoms with Crippen LogP contribution in [0.2, 0.25) is 0 Å². The van der Waals surface area contributed by atoms with Crippen LogP contribution >= 0.6 is 0 Å². The fourth-order valence-electron chi connectivity index (χ4n) is 2.33. The van der Waals surface area contributed by atoms with Crippen molar-refractivity contribution in [2.24, 2.45) is 0 Å². The van der Waals surface area contributed by atoms with E-state index in [1.807, 2.05) is 48.5 Å². The minimum Gasteiger partial charge on any atom is -0.298 e. The molecule has 2 nitrogen and oxygen atoms in total. The molecular formula is C22H26O2. The van der Waals surface area contributed by atoms with Gasteiger partial charge in [-0.2, -0.15) is 0 Å². The van der Waals surface area contributed by atoms with Crippen molar-refractivity contribution in [3.8, 4) is 0 Å². The van der Waals surface area contributed by atoms with Crippen molar-refractivity contribution in [1.29, 1.82) is 0 Å². The maximum absolute atomic E-state index is 11.4. The van der Waals surface area contributed by atoms with E-state index in [4.69, 9.17) is 0 Å². The van der Waals surface area contributed by atoms with E-state index in [1.165, 1.54) is 11.6 Å². The molecule has 0 spiro atoms. The van der Waals surface area contributed by atoms with Crippen molar-refractivity contribution in [1.82, 2.24) is 0 Å². The fourth-order valence-corrected chi connectivity index (χ4v) is 2.33. The van der Waals surface area contributed by atoms with Gasteiger partial charge in [0, 0.05) is 11.1 Å². The lowest BCUT2D eigenvalue weighted by molar-refractivity contribution is 0.104. The van der Waals surface area contributed by atoms with Gasteiger partial charge in [-0.25, -0.2) is 0 Å². The first-order valence-corrected chi connectivity index (χ1v) is 8.21. The van der Waals surface area contributed by atoms with Crippen LogP contribution < -0.4 is 0 Å². The molecule has 0 aliphatic rings. The van der Waals surface area contributed by atoms with Gasteiger partial charge in [0.2, 0.25) is 0 Å². The number of hydrogen-bond acceptors (Lipinski definition) is 2. The largest absolute Gasteiger partial charge is 0.298 e. The number of rotatable bonds is 5. The summed E-state index contributed by atoms with van der Waals surface area (Å²) in [6, 6.07) is 15.4. The molecule has 0 aromatic heterocycles. The lowest BCUT2D eigenvalue weighted by Crippen LogP contribution is -2.01. The first-order chi connectivity index (χ1) is 11.4. The van der Waals surface area contributed by atoms with Crippen LogP contribution in [0.25, 0.3) is 0 Å². The summed E-state index contributed by atoms with van der Waals surface area (Å²) in [6.45, 7) is 11.9. The van der Waals surface area contributed by atoms with Crippen molar-refractivity contribution in [3.05, 3.63) is 83.4 Å². The molecule has 2 aromatic rings. The van der Waals surface area contributed by atoms with Crippen LogP contribution in [-0.4, -0.2) is 12.1 Å². The van der Waals surface area contributed by atoms with Gasteiger partial charge in [-0.1, -0.05) is 76.7 Å². The van der Waals surface area contributed by atoms with Gasteiger partial charge in [0.1, 0.15) is 6.29 Å². The van der Waals surface area contributed by atoms with Gasteiger partial charge in [-0.05, 0) is 35.1 Å². The van der Waals surface area contributed by atoms with Crippen LogP contribution in [0.4, 0.5) is 0 Å². The zero-order chi connectivity index (χ0) is 18.1. The molecular weight excluding hydrogens is 296 g/mol. The monoisotopic (exact) mass is 322 g/mol. The van der Waals surface area contributed by atoms with E-state index in [0.29, 0.717) is 11.8 Å². The molecule has 0 radical (unpaired) electrons. The van der Waals surface area contributed by atoms with Gasteiger partial charge in [0.15, 0.2) is 5.78 Å². The maximum atomic E-state index is 11.4. The molecule has 2 aromatic carbocycles. The topological polar surface area (TPSA) is 34.1 Å². The van der Waals surface area contributed by atoms with Gasteiger partial charge in [0.05, 0.1) is 0 Å². The third-order valence-electron chi connectivity index (χ3n) is 3.75. The molecule has 0 saturated heterocycles. The van der Waals surface area contributed by atoms with Crippen molar-refractivity contribution in [2.45, 2.75) is 39.5 Å². The second-order valence-corrected chi connectivity index (χ2v) is 6.25. The molecule has 0 aliphatic heterocycles. The SMILES string of the molecule is C=CC(=O)c1ccccc1C(C)C.CC(C)c1cccc(C=O)c1. The predicted octanol–water partition coefficient (Wildman–Crippen LogP) is 5.80. The zero-order valence-electron chi connectivity index (χ0n) is 15.0. The highest BCUT2D eigenvalue weighted by molar-refractivity contribution is 6.05. The average Bonchev–Trinajstić information content (AvgIpc) is 2.61. The zero-order valence-corrected chi connectivity index (χ0v) is 15.0. The van der Waals surface area contributed by atoms with Gasteiger partial charge in [0.25, 0.3) is 0 Å². The molecule has 126 valence electrons. The molecule has 24 heavy (non-hydrogen) atoms. The maximum Gasteiger partial charge on any atom is 0.185 e. The Morgan fingerprint density at radius 2 is 1.62 bits per heavy atom. The molecule has 0 N–H and O–H groups in total. The van der Waals surface area contributed by atoms with Crippen molar-refractivity contribution >= 4 is 12.1 Å². The van der Waals surface area contributed by atoms with Crippen LogP contribution in [-0.2, 0) is 0 Å². The molecule has 0 bridgehead atoms. The lowest BCUT2D eigenvalue weighted by atomic mass is 9.95. The number of ketones is 1. The Kier molecular flexibility index (Phi) is 7.84. The van der Waals surface area contributed by atoms with E-state index < -0.39 is 0 Å². The van der Waals surface area contributed by atoms with E-state index in [1.54, 1.807) is 0 Å². The summed E-state index contributed by atoms with van der Waals surface area (Å²) < 4.78 is 0. The van der Waals surface area contributed by atoms with Crippen LogP contribution in [0.15, 0.2) is 61.2 Å². The standard InChI is InChI=1S/C12H14O.C10H12O/c1-4-12(13)11-8-6-5-7-10(11)9(2)3;1-8(2)10-5-3-4-9(6-10)7-11/h4-9H,1H2,2-3H3;3-8H,1-2H3. The molecule has 2 rings (SSSR count). The molecule has 0 unspecified atom stereocenters. The Labute approximate surface area is 145 Å². The second kappa shape index (κ2) is 9.61. The van der Waals surface area contributed by atoms with Crippen LogP contribution in [0.5, 0.6) is 0 Å². The van der Waals surface area contributed by atoms with Gasteiger partial charge in [-0.15, -0.1) is 0 Å². The second-order valence-electron chi connectivity index (χ2n) is 6.25. The summed E-state index contributed by atoms with van der Waals surface area (Å²) in [7, 11) is 0. The van der Waals surface area contributed by atoms with Gasteiger partial charge >= 0.3 is 0 Å². The molecule has 0 atom stereocenters. The van der Waals surface area contributed by atoms with Crippen molar-refractivity contribution in [3.63, 3.8) is 0 Å². The fraction of sp³-hybridized carbons (Fsp3) is 0.273. The third-order valence-corrected chi connectivity index (χ3v) is 3.75. The predicted molar refractivity (Wildman–Crippen MR) is 101 cm³/mol. The molecule has 2 heteroatoms. The lowest BCUT2D eigenvalue weighted by Gasteiger charge is -2.09. The van der Waals surface area contributed by atoms with E-state index in [0.717, 1.165) is 23.0 Å². The highest BCUT2D eigenvalue weighted by Gasteiger charge is 2.09. The van der Waals surface area contributed by atoms with Crippen LogP contribution in [0, 0.1) is 0 Å². The minimum absolute atomic E-state index is 0.00398. The Bertz CT molecular complexity index is 697. The Balaban J connectivity index is 0.000000243. The molecule has 0 amide bonds. The summed E-state index contributed by atoms with van der Waals surface area (Å²) in [5, 5.41) is 0. The Morgan fingerprint density at radius 1 is 0.958 bits per heavy atom. The summed E-state index contributed by atoms with van der Waals surface area (Å²) in [4.78, 5) is 21.8. The molecule has 0 fully saturated rings. The summed E-state index contributed by atoms with van der Waals surface area (Å²) in [6.07, 6.45) is 2.24. The number of aldehydes is 1. The number of benzene rings is 2. The number of carbonyl (C=O) groups excluding carboxylic acids is 2. The Hall–Kier alpha value is -2.48. The van der Waals surface area contributed by atoms with E-state index in [9.17, 15) is 9.59 Å². The van der Waals surface area contributed by atoms with E-state index >= 15 is 0 Å². The first kappa shape index (κ1) is 19.6. The van der Waals surface area contributed by atoms with Crippen LogP contribution in [0.1, 0.15) is 71.4 Å². The summed E-state index contributed by atoms with van der Waals surface area (Å²) in [5.41, 5.74) is 3.84. The summed E-state index contributed by atoms with van der Waals surface area (Å²) in [5.74, 6) is 0.874.